The van der Waals surface area contributed by atoms with Gasteiger partial charge in [0.15, 0.2) is 11.9 Å². The van der Waals surface area contributed by atoms with Gasteiger partial charge in [0.2, 0.25) is 53.2 Å². The smallest absolute Gasteiger partial charge is 0.246 e. The fraction of sp³-hybridized carbons (Fsp3) is 0.446. The summed E-state index contributed by atoms with van der Waals surface area (Å²) in [5, 5.41) is 20.1. The standard InChI is InChI=1S/C56H76N16O9/c1-33(73)66-41(21-12-24-63-55(58)59)49(76)71-45-30-47(74)62-23-11-10-20-40(48(57)75)67-52(79)44(29-37-31-65-39-19-9-8-18-38(37)39)69-50(77)42(22-13-25-64-56(60)61)68-51(78)43(27-35-16-6-3-7-17-35)70-53(80)46-28-36(32-72(46)54(45)81)26-34-14-4-2-5-15-34/h2-9,14-19,31,36,40-46,65H,10-13,20-30,32H2,1H3,(H2,57,75)(H,62,74)(H,66,73)(H,67,79)(H,68,78)(H,69,77)(H,70,80)(H,71,76)(H4,58,59,63)(H4,60,61,64)/t36-,40?,41+,42+,43?,44+,45?,46+/m1/s1. The summed E-state index contributed by atoms with van der Waals surface area (Å²) < 4.78 is 0. The Bertz CT molecular complexity index is 2890. The maximum Gasteiger partial charge on any atom is 0.246 e. The van der Waals surface area contributed by atoms with Crippen LogP contribution in [-0.4, -0.2) is 143 Å². The van der Waals surface area contributed by atoms with Crippen molar-refractivity contribution >= 4 is 76.0 Å². The summed E-state index contributed by atoms with van der Waals surface area (Å²) in [6.07, 6.45) is 2.51. The van der Waals surface area contributed by atoms with Crippen LogP contribution in [0, 0.1) is 5.92 Å². The van der Waals surface area contributed by atoms with Gasteiger partial charge in [-0.05, 0) is 86.5 Å². The van der Waals surface area contributed by atoms with Gasteiger partial charge in [-0.25, -0.2) is 0 Å². The predicted octanol–water partition coefficient (Wildman–Crippen LogP) is -1.38. The van der Waals surface area contributed by atoms with Gasteiger partial charge in [-0.1, -0.05) is 78.9 Å². The molecule has 2 aliphatic rings. The second kappa shape index (κ2) is 30.4. The molecule has 2 aliphatic heterocycles. The Balaban J connectivity index is 1.40. The molecular weight excluding hydrogens is 1040 g/mol. The van der Waals surface area contributed by atoms with E-state index in [0.717, 1.165) is 16.5 Å². The third-order valence-electron chi connectivity index (χ3n) is 14.1. The molecular formula is C56H76N16O9. The quantitative estimate of drug-likeness (QED) is 0.0311. The van der Waals surface area contributed by atoms with E-state index in [1.54, 1.807) is 36.5 Å². The molecule has 0 bridgehead atoms. The molecule has 18 N–H and O–H groups in total. The van der Waals surface area contributed by atoms with Gasteiger partial charge in [-0.15, -0.1) is 0 Å². The van der Waals surface area contributed by atoms with Crippen LogP contribution < -0.4 is 65.9 Å². The Hall–Kier alpha value is -9.03. The van der Waals surface area contributed by atoms with Crippen LogP contribution in [-0.2, 0) is 62.4 Å². The van der Waals surface area contributed by atoms with Gasteiger partial charge in [0.05, 0.1) is 6.42 Å². The third kappa shape index (κ3) is 19.1. The summed E-state index contributed by atoms with van der Waals surface area (Å²) in [6, 6.07) is 16.3. The topological polar surface area (TPSA) is 412 Å². The zero-order valence-corrected chi connectivity index (χ0v) is 45.5. The molecule has 6 rings (SSSR count). The van der Waals surface area contributed by atoms with Crippen molar-refractivity contribution < 1.29 is 43.2 Å². The van der Waals surface area contributed by atoms with Crippen LogP contribution >= 0.6 is 0 Å². The predicted molar refractivity (Wildman–Crippen MR) is 304 cm³/mol. The molecule has 25 heteroatoms. The number of carbonyl (C=O) groups excluding carboxylic acids is 9. The molecule has 2 fully saturated rings. The van der Waals surface area contributed by atoms with Gasteiger partial charge in [0.25, 0.3) is 0 Å². The lowest BCUT2D eigenvalue weighted by Crippen LogP contribution is -2.60. The Morgan fingerprint density at radius 1 is 0.691 bits per heavy atom. The number of fused-ring (bicyclic) bond motifs is 2. The monoisotopic (exact) mass is 1120 g/mol. The van der Waals surface area contributed by atoms with E-state index >= 15 is 9.59 Å². The molecule has 0 spiro atoms. The third-order valence-corrected chi connectivity index (χ3v) is 14.1. The number of nitrogens with one attached hydrogen (secondary N) is 8. The molecule has 81 heavy (non-hydrogen) atoms. The molecule has 3 heterocycles. The van der Waals surface area contributed by atoms with Crippen LogP contribution in [0.2, 0.25) is 0 Å². The molecule has 3 unspecified atom stereocenters. The largest absolute Gasteiger partial charge is 0.370 e. The lowest BCUT2D eigenvalue weighted by atomic mass is 9.96. The first-order chi connectivity index (χ1) is 38.8. The molecule has 0 saturated carbocycles. The number of para-hydroxylation sites is 1. The summed E-state index contributed by atoms with van der Waals surface area (Å²) in [7, 11) is 0. The molecule has 8 atom stereocenters. The Morgan fingerprint density at radius 3 is 1.95 bits per heavy atom. The summed E-state index contributed by atoms with van der Waals surface area (Å²) in [6.45, 7) is 1.46. The van der Waals surface area contributed by atoms with E-state index in [9.17, 15) is 33.6 Å². The fourth-order valence-corrected chi connectivity index (χ4v) is 10.1. The number of H-pyrrole nitrogens is 1. The van der Waals surface area contributed by atoms with Crippen LogP contribution in [0.4, 0.5) is 0 Å². The summed E-state index contributed by atoms with van der Waals surface area (Å²) >= 11 is 0. The van der Waals surface area contributed by atoms with Crippen LogP contribution in [0.3, 0.4) is 0 Å². The van der Waals surface area contributed by atoms with Crippen molar-refractivity contribution in [3.8, 4) is 0 Å². The number of aliphatic imine (C=N–C) groups is 2. The number of hydrogen-bond donors (Lipinski definition) is 13. The van der Waals surface area contributed by atoms with Crippen LogP contribution in [0.5, 0.6) is 0 Å². The van der Waals surface area contributed by atoms with Gasteiger partial charge >= 0.3 is 0 Å². The van der Waals surface area contributed by atoms with E-state index in [0.29, 0.717) is 17.5 Å². The Kier molecular flexibility index (Phi) is 22.9. The van der Waals surface area contributed by atoms with Gasteiger partial charge in [-0.3, -0.25) is 53.1 Å². The first-order valence-corrected chi connectivity index (χ1v) is 27.2. The lowest BCUT2D eigenvalue weighted by Gasteiger charge is -2.31. The Morgan fingerprint density at radius 2 is 1.28 bits per heavy atom. The van der Waals surface area contributed by atoms with E-state index in [1.165, 1.54) is 11.8 Å². The summed E-state index contributed by atoms with van der Waals surface area (Å²) in [4.78, 5) is 140. The highest BCUT2D eigenvalue weighted by Crippen LogP contribution is 2.29. The number of guanidine groups is 2. The number of aromatic nitrogens is 1. The number of amides is 9. The van der Waals surface area contributed by atoms with Crippen molar-refractivity contribution in [3.05, 3.63) is 108 Å². The van der Waals surface area contributed by atoms with Crippen LogP contribution in [0.15, 0.2) is 101 Å². The number of aromatic amines is 1. The van der Waals surface area contributed by atoms with Crippen molar-refractivity contribution in [2.75, 3.05) is 26.2 Å². The van der Waals surface area contributed by atoms with Crippen molar-refractivity contribution in [1.29, 1.82) is 0 Å². The van der Waals surface area contributed by atoms with Gasteiger partial charge in [-0.2, -0.15) is 0 Å². The number of hydrogen-bond acceptors (Lipinski definition) is 11. The zero-order chi connectivity index (χ0) is 58.4. The molecule has 1 aromatic heterocycles. The average Bonchev–Trinajstić information content (AvgIpc) is 4.20. The highest BCUT2D eigenvalue weighted by Gasteiger charge is 2.44. The lowest BCUT2D eigenvalue weighted by molar-refractivity contribution is -0.143. The first-order valence-electron chi connectivity index (χ1n) is 27.2. The molecule has 9 amide bonds. The van der Waals surface area contributed by atoms with E-state index < -0.39 is 102 Å². The second-order valence-corrected chi connectivity index (χ2v) is 20.5. The minimum Gasteiger partial charge on any atom is -0.370 e. The van der Waals surface area contributed by atoms with Crippen molar-refractivity contribution in [1.82, 2.24) is 47.1 Å². The molecule has 3 aromatic carbocycles. The molecule has 0 aliphatic carbocycles. The first kappa shape index (κ1) is 61.2. The van der Waals surface area contributed by atoms with Crippen molar-refractivity contribution in [3.63, 3.8) is 0 Å². The van der Waals surface area contributed by atoms with E-state index in [2.05, 4.69) is 52.2 Å². The highest BCUT2D eigenvalue weighted by atomic mass is 16.2. The number of carbonyl (C=O) groups is 9. The number of rotatable bonds is 18. The van der Waals surface area contributed by atoms with Crippen molar-refractivity contribution in [2.45, 2.75) is 126 Å². The molecule has 25 nitrogen and oxygen atoms in total. The maximum absolute atomic E-state index is 15.2. The molecule has 2 saturated heterocycles. The number of nitrogens with two attached hydrogens (primary N) is 5. The van der Waals surface area contributed by atoms with E-state index in [-0.39, 0.29) is 108 Å². The second-order valence-electron chi connectivity index (χ2n) is 20.5. The minimum atomic E-state index is -1.58. The van der Waals surface area contributed by atoms with E-state index in [1.807, 2.05) is 54.6 Å². The maximum atomic E-state index is 15.2. The molecule has 0 radical (unpaired) electrons. The number of primary amides is 1. The average molecular weight is 1120 g/mol. The summed E-state index contributed by atoms with van der Waals surface area (Å²) in [5.74, 6) is -7.36. The van der Waals surface area contributed by atoms with Crippen molar-refractivity contribution in [2.24, 2.45) is 44.6 Å². The number of nitrogens with zero attached hydrogens (tertiary/aromatic N) is 3. The highest BCUT2D eigenvalue weighted by molar-refractivity contribution is 5.99. The van der Waals surface area contributed by atoms with Crippen LogP contribution in [0.1, 0.15) is 81.4 Å². The van der Waals surface area contributed by atoms with Gasteiger partial charge in [0, 0.05) is 63.0 Å². The zero-order valence-electron chi connectivity index (χ0n) is 45.5. The number of benzene rings is 3. The van der Waals surface area contributed by atoms with Crippen LogP contribution in [0.25, 0.3) is 10.9 Å². The molecule has 434 valence electrons. The normalized spacial score (nSPS) is 22.1. The minimum absolute atomic E-state index is 0.00847. The van der Waals surface area contributed by atoms with Gasteiger partial charge in [0.1, 0.15) is 42.3 Å². The Labute approximate surface area is 469 Å². The van der Waals surface area contributed by atoms with E-state index in [4.69, 9.17) is 28.7 Å². The summed E-state index contributed by atoms with van der Waals surface area (Å²) in [5.41, 5.74) is 31.1. The molecule has 4 aromatic rings. The fourth-order valence-electron chi connectivity index (χ4n) is 10.1. The SMILES string of the molecule is CC(=O)N[C@@H](CCCN=C(N)N)C(=O)NC1CC(=O)NCCCCC(C(N)=O)NC(=O)[C@H](Cc2c[nH]c3ccccc23)NC(=O)[C@H](CCCN=C(N)N)NC(=O)C(Cc2ccccc2)NC(=O)[C@@H]2C[C@@H](Cc3ccccc3)CN2C1=O. The van der Waals surface area contributed by atoms with Gasteiger partial charge < -0.3 is 75.8 Å².